The van der Waals surface area contributed by atoms with Crippen LogP contribution in [0.4, 0.5) is 0 Å². The van der Waals surface area contributed by atoms with Gasteiger partial charge in [0.2, 0.25) is 0 Å². The normalized spacial score (nSPS) is 21.2. The predicted octanol–water partition coefficient (Wildman–Crippen LogP) is 2.78. The summed E-state index contributed by atoms with van der Waals surface area (Å²) >= 11 is 0. The highest BCUT2D eigenvalue weighted by atomic mass is 16.7. The summed E-state index contributed by atoms with van der Waals surface area (Å²) < 4.78 is 12.3. The molecular weight excluding hydrogens is 237 g/mol. The van der Waals surface area contributed by atoms with Gasteiger partial charge >= 0.3 is 7.12 Å². The monoisotopic (exact) mass is 257 g/mol. The molecule has 0 aliphatic carbocycles. The third kappa shape index (κ3) is 1.90. The zero-order valence-corrected chi connectivity index (χ0v) is 12.2. The summed E-state index contributed by atoms with van der Waals surface area (Å²) in [5, 5.41) is 1.20. The molecule has 1 aromatic heterocycles. The molecule has 4 heteroatoms. The molecule has 1 aromatic carbocycles. The molecule has 1 fully saturated rings. The first-order valence-corrected chi connectivity index (χ1v) is 6.73. The molecule has 0 radical (unpaired) electrons. The zero-order valence-electron chi connectivity index (χ0n) is 12.2. The molecule has 2 aromatic rings. The molecule has 0 saturated carbocycles. The van der Waals surface area contributed by atoms with Gasteiger partial charge in [-0.1, -0.05) is 11.6 Å². The van der Waals surface area contributed by atoms with Gasteiger partial charge in [-0.15, -0.1) is 0 Å². The van der Waals surface area contributed by atoms with Crippen LogP contribution in [0.5, 0.6) is 0 Å². The van der Waals surface area contributed by atoms with E-state index in [2.05, 4.69) is 57.8 Å². The highest BCUT2D eigenvalue weighted by Crippen LogP contribution is 2.37. The van der Waals surface area contributed by atoms with Crippen molar-refractivity contribution in [1.82, 2.24) is 4.98 Å². The first-order chi connectivity index (χ1) is 8.80. The van der Waals surface area contributed by atoms with E-state index in [0.717, 1.165) is 11.0 Å². The third-order valence-corrected chi connectivity index (χ3v) is 4.34. The van der Waals surface area contributed by atoms with Crippen molar-refractivity contribution in [2.75, 3.05) is 0 Å². The van der Waals surface area contributed by atoms with Crippen LogP contribution >= 0.6 is 0 Å². The number of rotatable bonds is 1. The van der Waals surface area contributed by atoms with E-state index in [1.54, 1.807) is 0 Å². The Morgan fingerprint density at radius 1 is 1.05 bits per heavy atom. The molecule has 1 aliphatic heterocycles. The van der Waals surface area contributed by atoms with Crippen molar-refractivity contribution in [2.24, 2.45) is 0 Å². The van der Waals surface area contributed by atoms with Crippen LogP contribution in [0, 0.1) is 6.92 Å². The van der Waals surface area contributed by atoms with Gasteiger partial charge in [-0.2, -0.15) is 0 Å². The van der Waals surface area contributed by atoms with Crippen molar-refractivity contribution in [2.45, 2.75) is 45.8 Å². The number of H-pyrrole nitrogens is 1. The van der Waals surface area contributed by atoms with Crippen LogP contribution in [0.2, 0.25) is 0 Å². The van der Waals surface area contributed by atoms with Crippen LogP contribution in [-0.2, 0) is 9.31 Å². The van der Waals surface area contributed by atoms with Crippen LogP contribution in [0.15, 0.2) is 24.4 Å². The topological polar surface area (TPSA) is 34.2 Å². The Kier molecular flexibility index (Phi) is 2.60. The largest absolute Gasteiger partial charge is 0.497 e. The van der Waals surface area contributed by atoms with E-state index < -0.39 is 0 Å². The Hall–Kier alpha value is -1.26. The minimum absolute atomic E-state index is 0.305. The number of aromatic amines is 1. The lowest BCUT2D eigenvalue weighted by molar-refractivity contribution is 0.00578. The van der Waals surface area contributed by atoms with Crippen molar-refractivity contribution in [3.05, 3.63) is 30.0 Å². The van der Waals surface area contributed by atoms with E-state index in [0.29, 0.717) is 0 Å². The number of benzene rings is 1. The summed E-state index contributed by atoms with van der Waals surface area (Å²) in [4.78, 5) is 3.29. The van der Waals surface area contributed by atoms with Gasteiger partial charge in [0, 0.05) is 17.2 Å². The predicted molar refractivity (Wildman–Crippen MR) is 78.8 cm³/mol. The van der Waals surface area contributed by atoms with Crippen LogP contribution in [0.25, 0.3) is 10.9 Å². The van der Waals surface area contributed by atoms with Crippen molar-refractivity contribution >= 4 is 23.5 Å². The first kappa shape index (κ1) is 12.8. The summed E-state index contributed by atoms with van der Waals surface area (Å²) in [6.07, 6.45) is 1.96. The van der Waals surface area contributed by atoms with E-state index in [-0.39, 0.29) is 18.3 Å². The lowest BCUT2D eigenvalue weighted by Gasteiger charge is -2.32. The summed E-state index contributed by atoms with van der Waals surface area (Å²) in [5.41, 5.74) is 2.79. The molecule has 2 heterocycles. The molecule has 3 rings (SSSR count). The molecule has 1 saturated heterocycles. The number of hydrogen-bond acceptors (Lipinski definition) is 2. The summed E-state index contributed by atoms with van der Waals surface area (Å²) in [7, 11) is -0.314. The average Bonchev–Trinajstić information content (AvgIpc) is 2.80. The first-order valence-electron chi connectivity index (χ1n) is 6.73. The average molecular weight is 257 g/mol. The van der Waals surface area contributed by atoms with Gasteiger partial charge in [0.25, 0.3) is 0 Å². The molecule has 100 valence electrons. The molecule has 0 unspecified atom stereocenters. The second-order valence-electron chi connectivity index (χ2n) is 6.38. The standard InChI is InChI=1S/C15H20BNO2/c1-10-8-11-6-7-17-13(11)12(9-10)16-18-14(2,3)15(4,5)19-16/h6-9,17H,1-5H3. The molecule has 0 spiro atoms. The van der Waals surface area contributed by atoms with Gasteiger partial charge in [0.05, 0.1) is 11.2 Å². The number of aryl methyl sites for hydroxylation is 1. The third-order valence-electron chi connectivity index (χ3n) is 4.34. The van der Waals surface area contributed by atoms with Crippen molar-refractivity contribution in [3.63, 3.8) is 0 Å². The van der Waals surface area contributed by atoms with E-state index in [9.17, 15) is 0 Å². The number of nitrogens with one attached hydrogen (secondary N) is 1. The van der Waals surface area contributed by atoms with Gasteiger partial charge < -0.3 is 14.3 Å². The fourth-order valence-electron chi connectivity index (χ4n) is 2.51. The molecule has 0 atom stereocenters. The fraction of sp³-hybridized carbons (Fsp3) is 0.467. The maximum atomic E-state index is 6.14. The molecule has 1 N–H and O–H groups in total. The fourth-order valence-corrected chi connectivity index (χ4v) is 2.51. The maximum Gasteiger partial charge on any atom is 0.497 e. The quantitative estimate of drug-likeness (QED) is 0.797. The molecule has 3 nitrogen and oxygen atoms in total. The van der Waals surface area contributed by atoms with E-state index in [1.165, 1.54) is 10.9 Å². The van der Waals surface area contributed by atoms with Gasteiger partial charge in [-0.25, -0.2) is 0 Å². The van der Waals surface area contributed by atoms with Crippen molar-refractivity contribution in [3.8, 4) is 0 Å². The summed E-state index contributed by atoms with van der Waals surface area (Å²) in [5.74, 6) is 0. The Morgan fingerprint density at radius 3 is 2.32 bits per heavy atom. The lowest BCUT2D eigenvalue weighted by Crippen LogP contribution is -2.41. The Balaban J connectivity index is 2.09. The van der Waals surface area contributed by atoms with Gasteiger partial charge in [0.15, 0.2) is 0 Å². The van der Waals surface area contributed by atoms with Crippen LogP contribution in [0.3, 0.4) is 0 Å². The van der Waals surface area contributed by atoms with Crippen LogP contribution < -0.4 is 5.46 Å². The Morgan fingerprint density at radius 2 is 1.68 bits per heavy atom. The summed E-state index contributed by atoms with van der Waals surface area (Å²) in [6.45, 7) is 10.4. The number of fused-ring (bicyclic) bond motifs is 1. The SMILES string of the molecule is Cc1cc(B2OC(C)(C)C(C)(C)O2)c2[nH]ccc2c1. The van der Waals surface area contributed by atoms with E-state index >= 15 is 0 Å². The summed E-state index contributed by atoms with van der Waals surface area (Å²) in [6, 6.07) is 6.39. The molecule has 0 bridgehead atoms. The molecule has 0 amide bonds. The Bertz CT molecular complexity index is 614. The Labute approximate surface area is 114 Å². The number of hydrogen-bond donors (Lipinski definition) is 1. The van der Waals surface area contributed by atoms with Gasteiger partial charge in [-0.3, -0.25) is 0 Å². The van der Waals surface area contributed by atoms with Crippen molar-refractivity contribution in [1.29, 1.82) is 0 Å². The van der Waals surface area contributed by atoms with Crippen LogP contribution in [-0.4, -0.2) is 23.3 Å². The minimum atomic E-state index is -0.314. The minimum Gasteiger partial charge on any atom is -0.399 e. The second kappa shape index (κ2) is 3.87. The molecule has 19 heavy (non-hydrogen) atoms. The van der Waals surface area contributed by atoms with Crippen LogP contribution in [0.1, 0.15) is 33.3 Å². The highest BCUT2D eigenvalue weighted by Gasteiger charge is 2.52. The van der Waals surface area contributed by atoms with Gasteiger partial charge in [0.1, 0.15) is 0 Å². The molecular formula is C15H20BNO2. The highest BCUT2D eigenvalue weighted by molar-refractivity contribution is 6.65. The van der Waals surface area contributed by atoms with E-state index in [1.807, 2.05) is 6.20 Å². The second-order valence-corrected chi connectivity index (χ2v) is 6.38. The molecule has 1 aliphatic rings. The smallest absolute Gasteiger partial charge is 0.399 e. The van der Waals surface area contributed by atoms with Gasteiger partial charge in [-0.05, 0) is 52.1 Å². The lowest BCUT2D eigenvalue weighted by atomic mass is 9.77. The van der Waals surface area contributed by atoms with Crippen molar-refractivity contribution < 1.29 is 9.31 Å². The van der Waals surface area contributed by atoms with E-state index in [4.69, 9.17) is 9.31 Å². The zero-order chi connectivity index (χ0) is 13.8. The number of aromatic nitrogens is 1. The maximum absolute atomic E-state index is 6.14.